The molecule has 1 saturated heterocycles. The highest BCUT2D eigenvalue weighted by Crippen LogP contribution is 2.26. The fraction of sp³-hybridized carbons (Fsp3) is 0.417. The summed E-state index contributed by atoms with van der Waals surface area (Å²) in [4.78, 5) is 23.4. The molecule has 120 valence electrons. The van der Waals surface area contributed by atoms with Crippen molar-refractivity contribution < 1.29 is 18.1 Å². The molecule has 1 fully saturated rings. The lowest BCUT2D eigenvalue weighted by atomic mass is 10.3. The first-order chi connectivity index (χ1) is 10.1. The van der Waals surface area contributed by atoms with Crippen molar-refractivity contribution in [3.05, 3.63) is 34.4 Å². The third-order valence-corrected chi connectivity index (χ3v) is 10.2. The number of sulfonamides is 1. The molecule has 0 radical (unpaired) electrons. The Morgan fingerprint density at radius 1 is 1.23 bits per heavy atom. The van der Waals surface area contributed by atoms with Gasteiger partial charge < -0.3 is 4.90 Å². The van der Waals surface area contributed by atoms with Gasteiger partial charge in [-0.05, 0) is 12.1 Å². The second kappa shape index (κ2) is 5.45. The zero-order chi connectivity index (χ0) is 16.7. The minimum absolute atomic E-state index is 0.0315. The first kappa shape index (κ1) is 16.6. The average molecular weight is 343 g/mol. The number of hydrogen-bond acceptors (Lipinski definition) is 5. The summed E-state index contributed by atoms with van der Waals surface area (Å²) in [6.45, 7) is 3.56. The van der Waals surface area contributed by atoms with Crippen LogP contribution in [0, 0.1) is 10.1 Å². The summed E-state index contributed by atoms with van der Waals surface area (Å²) in [5, 5.41) is 10.6. The van der Waals surface area contributed by atoms with E-state index in [4.69, 9.17) is 0 Å². The molecule has 0 aliphatic carbocycles. The van der Waals surface area contributed by atoms with Crippen LogP contribution in [0.25, 0.3) is 0 Å². The van der Waals surface area contributed by atoms with Gasteiger partial charge in [0.2, 0.25) is 15.9 Å². The molecule has 1 aromatic rings. The molecular formula is C12H17N3O5SSi. The van der Waals surface area contributed by atoms with Crippen LogP contribution in [0.1, 0.15) is 0 Å². The number of non-ortho nitro benzene ring substituents is 1. The SMILES string of the molecule is CN1C[Si](C)(C)N(S(=O)(=O)c2ccc([N+](=O)[O-])cc2)CC1=O. The van der Waals surface area contributed by atoms with Crippen LogP contribution in [0.5, 0.6) is 0 Å². The van der Waals surface area contributed by atoms with Crippen molar-refractivity contribution in [2.24, 2.45) is 0 Å². The summed E-state index contributed by atoms with van der Waals surface area (Å²) < 4.78 is 26.8. The normalized spacial score (nSPS) is 19.2. The van der Waals surface area contributed by atoms with E-state index in [2.05, 4.69) is 0 Å². The van der Waals surface area contributed by atoms with Crippen LogP contribution < -0.4 is 0 Å². The molecule has 1 aliphatic rings. The number of rotatable bonds is 3. The van der Waals surface area contributed by atoms with Crippen molar-refractivity contribution in [2.45, 2.75) is 18.0 Å². The van der Waals surface area contributed by atoms with Gasteiger partial charge in [0.05, 0.1) is 16.4 Å². The minimum atomic E-state index is -3.84. The molecule has 1 heterocycles. The maximum absolute atomic E-state index is 12.8. The van der Waals surface area contributed by atoms with Gasteiger partial charge in [0, 0.05) is 25.3 Å². The second-order valence-corrected chi connectivity index (χ2v) is 12.5. The Balaban J connectivity index is 2.40. The van der Waals surface area contributed by atoms with Gasteiger partial charge in [-0.3, -0.25) is 14.9 Å². The third kappa shape index (κ3) is 2.89. The molecule has 10 heteroatoms. The van der Waals surface area contributed by atoms with Crippen molar-refractivity contribution in [1.29, 1.82) is 0 Å². The van der Waals surface area contributed by atoms with Crippen LogP contribution in [0.2, 0.25) is 13.1 Å². The Labute approximate surface area is 129 Å². The van der Waals surface area contributed by atoms with Crippen LogP contribution in [0.4, 0.5) is 5.69 Å². The smallest absolute Gasteiger partial charge is 0.269 e. The molecular weight excluding hydrogens is 326 g/mol. The lowest BCUT2D eigenvalue weighted by molar-refractivity contribution is -0.384. The number of carbonyl (C=O) groups is 1. The number of hydrogen-bond donors (Lipinski definition) is 0. The van der Waals surface area contributed by atoms with Gasteiger partial charge in [-0.2, -0.15) is 0 Å². The van der Waals surface area contributed by atoms with Crippen LogP contribution in [-0.2, 0) is 14.8 Å². The Hall–Kier alpha value is -1.78. The van der Waals surface area contributed by atoms with Crippen LogP contribution in [0.15, 0.2) is 29.2 Å². The number of nitro groups is 1. The van der Waals surface area contributed by atoms with Gasteiger partial charge in [0.15, 0.2) is 8.24 Å². The summed E-state index contributed by atoms with van der Waals surface area (Å²) >= 11 is 0. The number of nitro benzene ring substituents is 1. The topological polar surface area (TPSA) is 101 Å². The number of nitrogens with zero attached hydrogens (tertiary/aromatic N) is 3. The second-order valence-electron chi connectivity index (χ2n) is 5.82. The molecule has 1 aliphatic heterocycles. The fourth-order valence-electron chi connectivity index (χ4n) is 2.48. The molecule has 1 aromatic carbocycles. The van der Waals surface area contributed by atoms with Crippen molar-refractivity contribution >= 4 is 29.9 Å². The van der Waals surface area contributed by atoms with E-state index in [1.165, 1.54) is 16.1 Å². The van der Waals surface area contributed by atoms with Gasteiger partial charge in [0.25, 0.3) is 5.69 Å². The van der Waals surface area contributed by atoms with Crippen molar-refractivity contribution in [2.75, 3.05) is 19.8 Å². The van der Waals surface area contributed by atoms with Gasteiger partial charge in [-0.1, -0.05) is 13.1 Å². The number of carbonyl (C=O) groups excluding carboxylic acids is 1. The Kier molecular flexibility index (Phi) is 4.11. The van der Waals surface area contributed by atoms with E-state index in [1.54, 1.807) is 11.9 Å². The molecule has 2 rings (SSSR count). The predicted octanol–water partition coefficient (Wildman–Crippen LogP) is 0.802. The molecule has 22 heavy (non-hydrogen) atoms. The summed E-state index contributed by atoms with van der Waals surface area (Å²) in [7, 11) is -4.55. The van der Waals surface area contributed by atoms with Crippen molar-refractivity contribution in [3.8, 4) is 0 Å². The highest BCUT2D eigenvalue weighted by atomic mass is 32.2. The Morgan fingerprint density at radius 3 is 2.27 bits per heavy atom. The van der Waals surface area contributed by atoms with E-state index >= 15 is 0 Å². The third-order valence-electron chi connectivity index (χ3n) is 3.64. The van der Waals surface area contributed by atoms with E-state index in [1.807, 2.05) is 13.1 Å². The lowest BCUT2D eigenvalue weighted by Crippen LogP contribution is -2.65. The largest absolute Gasteiger partial charge is 0.346 e. The molecule has 8 nitrogen and oxygen atoms in total. The summed E-state index contributed by atoms with van der Waals surface area (Å²) in [6, 6.07) is 4.72. The lowest BCUT2D eigenvalue weighted by Gasteiger charge is -2.42. The first-order valence-corrected chi connectivity index (χ1v) is 11.2. The Morgan fingerprint density at radius 2 is 1.77 bits per heavy atom. The summed E-state index contributed by atoms with van der Waals surface area (Å²) in [5.41, 5.74) is -0.176. The van der Waals surface area contributed by atoms with Gasteiger partial charge in [0.1, 0.15) is 0 Å². The van der Waals surface area contributed by atoms with Crippen LogP contribution in [0.3, 0.4) is 0 Å². The molecule has 0 atom stereocenters. The molecule has 0 saturated carbocycles. The van der Waals surface area contributed by atoms with E-state index in [0.717, 1.165) is 12.1 Å². The zero-order valence-corrected chi connectivity index (χ0v) is 14.3. The molecule has 0 unspecified atom stereocenters. The average Bonchev–Trinajstić information content (AvgIpc) is 2.42. The minimum Gasteiger partial charge on any atom is -0.346 e. The summed E-state index contributed by atoms with van der Waals surface area (Å²) in [5.74, 6) is -0.252. The van der Waals surface area contributed by atoms with Gasteiger partial charge >= 0.3 is 0 Å². The van der Waals surface area contributed by atoms with Gasteiger partial charge in [-0.15, -0.1) is 0 Å². The zero-order valence-electron chi connectivity index (χ0n) is 12.5. The van der Waals surface area contributed by atoms with Gasteiger partial charge in [-0.25, -0.2) is 12.4 Å². The number of benzene rings is 1. The highest BCUT2D eigenvalue weighted by molar-refractivity contribution is 7.90. The molecule has 1 amide bonds. The molecule has 0 N–H and O–H groups in total. The maximum Gasteiger partial charge on any atom is 0.269 e. The van der Waals surface area contributed by atoms with E-state index in [9.17, 15) is 23.3 Å². The van der Waals surface area contributed by atoms with E-state index < -0.39 is 23.2 Å². The monoisotopic (exact) mass is 343 g/mol. The van der Waals surface area contributed by atoms with Crippen molar-refractivity contribution in [1.82, 2.24) is 8.87 Å². The van der Waals surface area contributed by atoms with Crippen molar-refractivity contribution in [3.63, 3.8) is 0 Å². The molecule has 0 spiro atoms. The Bertz CT molecular complexity index is 717. The van der Waals surface area contributed by atoms with Crippen LogP contribution >= 0.6 is 0 Å². The molecule has 0 bridgehead atoms. The highest BCUT2D eigenvalue weighted by Gasteiger charge is 2.45. The quantitative estimate of drug-likeness (QED) is 0.459. The summed E-state index contributed by atoms with van der Waals surface area (Å²) in [6.07, 6.45) is 0.415. The predicted molar refractivity (Wildman–Crippen MR) is 82.1 cm³/mol. The van der Waals surface area contributed by atoms with E-state index in [-0.39, 0.29) is 23.0 Å². The van der Waals surface area contributed by atoms with E-state index in [0.29, 0.717) is 6.17 Å². The first-order valence-electron chi connectivity index (χ1n) is 6.57. The standard InChI is InChI=1S/C12H17N3O5SSi/c1-13-9-22(2,3)14(8-12(13)16)21(19,20)11-6-4-10(5-7-11)15(17)18/h4-7H,8-9H2,1-3H3. The number of amides is 1. The van der Waals surface area contributed by atoms with Crippen LogP contribution in [-0.4, -0.2) is 56.1 Å². The fourth-order valence-corrected chi connectivity index (χ4v) is 8.65. The number of likely N-dealkylation sites (N-methyl/N-ethyl adjacent to an activating group) is 1. The molecule has 0 aromatic heterocycles. The maximum atomic E-state index is 12.8.